The molecule has 1 aliphatic rings. The third kappa shape index (κ3) is 3.12. The normalized spacial score (nSPS) is 15.6. The molecule has 1 aromatic heterocycles. The molecule has 0 saturated heterocycles. The van der Waals surface area contributed by atoms with Gasteiger partial charge >= 0.3 is 0 Å². The number of amides is 1. The van der Waals surface area contributed by atoms with Crippen molar-refractivity contribution in [2.45, 2.75) is 6.04 Å². The molecule has 0 bridgehead atoms. The molecule has 2 heterocycles. The van der Waals surface area contributed by atoms with Gasteiger partial charge in [0.1, 0.15) is 5.69 Å². The van der Waals surface area contributed by atoms with Gasteiger partial charge in [0.25, 0.3) is 5.91 Å². The van der Waals surface area contributed by atoms with Crippen molar-refractivity contribution in [3.8, 4) is 11.3 Å². The Hall–Kier alpha value is -2.70. The third-order valence-corrected chi connectivity index (χ3v) is 6.16. The molecule has 0 saturated carbocycles. The fourth-order valence-corrected chi connectivity index (χ4v) is 4.32. The summed E-state index contributed by atoms with van der Waals surface area (Å²) in [6, 6.07) is 25.6. The van der Waals surface area contributed by atoms with Gasteiger partial charge in [0.05, 0.1) is 11.7 Å². The maximum absolute atomic E-state index is 13.4. The maximum atomic E-state index is 13.4. The van der Waals surface area contributed by atoms with Gasteiger partial charge in [-0.2, -0.15) is 5.10 Å². The number of nitrogens with one attached hydrogen (secondary N) is 1. The molecule has 1 aliphatic heterocycles. The van der Waals surface area contributed by atoms with Crippen LogP contribution in [-0.2, 0) is 0 Å². The monoisotopic (exact) mass is 507 g/mol. The molecule has 0 radical (unpaired) electrons. The van der Waals surface area contributed by atoms with Gasteiger partial charge in [-0.3, -0.25) is 14.8 Å². The van der Waals surface area contributed by atoms with Gasteiger partial charge in [-0.25, -0.2) is 0 Å². The fraction of sp³-hybridized carbons (Fsp3) is 0.0435. The number of aromatic nitrogens is 2. The van der Waals surface area contributed by atoms with Crippen LogP contribution in [0.15, 0.2) is 87.8 Å². The van der Waals surface area contributed by atoms with Crippen molar-refractivity contribution in [1.82, 2.24) is 10.2 Å². The second-order valence-electron chi connectivity index (χ2n) is 6.83. The topological polar surface area (TPSA) is 49.0 Å². The van der Waals surface area contributed by atoms with Crippen LogP contribution in [0.2, 0.25) is 0 Å². The van der Waals surface area contributed by atoms with Crippen molar-refractivity contribution in [1.29, 1.82) is 0 Å². The number of benzene rings is 3. The van der Waals surface area contributed by atoms with Crippen LogP contribution < -0.4 is 4.90 Å². The summed E-state index contributed by atoms with van der Waals surface area (Å²) in [5.41, 5.74) is 5.10. The van der Waals surface area contributed by atoms with E-state index in [1.54, 1.807) is 0 Å². The molecule has 142 valence electrons. The Morgan fingerprint density at radius 2 is 1.45 bits per heavy atom. The highest BCUT2D eigenvalue weighted by Gasteiger charge is 2.42. The highest BCUT2D eigenvalue weighted by molar-refractivity contribution is 9.10. The molecule has 29 heavy (non-hydrogen) atoms. The average molecular weight is 509 g/mol. The molecule has 6 heteroatoms. The van der Waals surface area contributed by atoms with Gasteiger partial charge in [-0.1, -0.05) is 74.3 Å². The van der Waals surface area contributed by atoms with E-state index < -0.39 is 0 Å². The van der Waals surface area contributed by atoms with Gasteiger partial charge < -0.3 is 0 Å². The summed E-state index contributed by atoms with van der Waals surface area (Å²) in [6.45, 7) is 0. The Kier molecular flexibility index (Phi) is 4.60. The first-order valence-corrected chi connectivity index (χ1v) is 10.7. The lowest BCUT2D eigenvalue weighted by Crippen LogP contribution is -2.29. The van der Waals surface area contributed by atoms with Gasteiger partial charge in [0, 0.05) is 25.8 Å². The summed E-state index contributed by atoms with van der Waals surface area (Å²) in [5, 5.41) is 7.51. The quantitative estimate of drug-likeness (QED) is 0.350. The average Bonchev–Trinajstić information content (AvgIpc) is 3.29. The van der Waals surface area contributed by atoms with Gasteiger partial charge in [-0.05, 0) is 42.0 Å². The van der Waals surface area contributed by atoms with E-state index in [1.807, 2.05) is 83.8 Å². The maximum Gasteiger partial charge on any atom is 0.277 e. The smallest absolute Gasteiger partial charge is 0.277 e. The van der Waals surface area contributed by atoms with Crippen LogP contribution in [0.4, 0.5) is 5.69 Å². The lowest BCUT2D eigenvalue weighted by atomic mass is 9.96. The summed E-state index contributed by atoms with van der Waals surface area (Å²) in [6.07, 6.45) is 0. The lowest BCUT2D eigenvalue weighted by Gasteiger charge is -2.26. The molecular formula is C23H15Br2N3O. The van der Waals surface area contributed by atoms with Crippen molar-refractivity contribution in [3.05, 3.63) is 105 Å². The first-order chi connectivity index (χ1) is 14.1. The molecule has 1 N–H and O–H groups in total. The number of hydrogen-bond acceptors (Lipinski definition) is 2. The molecule has 0 fully saturated rings. The zero-order chi connectivity index (χ0) is 20.0. The van der Waals surface area contributed by atoms with E-state index in [-0.39, 0.29) is 11.9 Å². The third-order valence-electron chi connectivity index (χ3n) is 5.11. The van der Waals surface area contributed by atoms with Crippen molar-refractivity contribution < 1.29 is 4.79 Å². The zero-order valence-electron chi connectivity index (χ0n) is 15.1. The van der Waals surface area contributed by atoms with E-state index >= 15 is 0 Å². The van der Waals surface area contributed by atoms with Crippen molar-refractivity contribution in [3.63, 3.8) is 0 Å². The van der Waals surface area contributed by atoms with Crippen LogP contribution in [0.5, 0.6) is 0 Å². The van der Waals surface area contributed by atoms with E-state index in [9.17, 15) is 4.79 Å². The van der Waals surface area contributed by atoms with E-state index in [4.69, 9.17) is 0 Å². The molecule has 4 aromatic rings. The highest BCUT2D eigenvalue weighted by Crippen LogP contribution is 2.45. The van der Waals surface area contributed by atoms with Crippen LogP contribution in [0.3, 0.4) is 0 Å². The molecule has 0 aliphatic carbocycles. The van der Waals surface area contributed by atoms with Crippen LogP contribution in [0.1, 0.15) is 27.7 Å². The predicted octanol–water partition coefficient (Wildman–Crippen LogP) is 6.35. The molecule has 0 spiro atoms. The Balaban J connectivity index is 1.72. The number of H-pyrrole nitrogens is 1. The van der Waals surface area contributed by atoms with E-state index in [2.05, 4.69) is 42.1 Å². The summed E-state index contributed by atoms with van der Waals surface area (Å²) in [4.78, 5) is 15.2. The lowest BCUT2D eigenvalue weighted by molar-refractivity contribution is 0.0989. The molecule has 4 nitrogen and oxygen atoms in total. The first kappa shape index (κ1) is 18.3. The van der Waals surface area contributed by atoms with Crippen molar-refractivity contribution in [2.24, 2.45) is 0 Å². The van der Waals surface area contributed by atoms with Crippen molar-refractivity contribution in [2.75, 3.05) is 4.90 Å². The Morgan fingerprint density at radius 1 is 0.828 bits per heavy atom. The number of aromatic amines is 1. The zero-order valence-corrected chi connectivity index (χ0v) is 18.3. The Labute approximate surface area is 184 Å². The number of rotatable bonds is 3. The molecule has 1 atom stereocenters. The minimum Gasteiger partial charge on any atom is -0.295 e. The number of halogens is 2. The van der Waals surface area contributed by atoms with Crippen molar-refractivity contribution >= 4 is 43.5 Å². The predicted molar refractivity (Wildman–Crippen MR) is 121 cm³/mol. The number of para-hydroxylation sites is 1. The largest absolute Gasteiger partial charge is 0.295 e. The van der Waals surface area contributed by atoms with Gasteiger partial charge in [0.15, 0.2) is 0 Å². The second-order valence-corrected chi connectivity index (χ2v) is 8.66. The molecule has 5 rings (SSSR count). The standard InChI is InChI=1S/C23H15Br2N3O/c24-16-10-6-14(7-11-16)20-19-21(27-26-20)23(29)28(18-4-2-1-3-5-18)22(19)15-8-12-17(25)13-9-15/h1-13,22H,(H,26,27). The number of hydrogen-bond donors (Lipinski definition) is 1. The number of nitrogens with zero attached hydrogens (tertiary/aromatic N) is 2. The van der Waals surface area contributed by atoms with E-state index in [1.165, 1.54) is 0 Å². The van der Waals surface area contributed by atoms with Crippen LogP contribution >= 0.6 is 31.9 Å². The minimum absolute atomic E-state index is 0.0741. The van der Waals surface area contributed by atoms with Crippen LogP contribution in [-0.4, -0.2) is 16.1 Å². The molecular weight excluding hydrogens is 494 g/mol. The first-order valence-electron chi connectivity index (χ1n) is 9.12. The van der Waals surface area contributed by atoms with Crippen LogP contribution in [0, 0.1) is 0 Å². The molecule has 1 amide bonds. The number of fused-ring (bicyclic) bond motifs is 1. The van der Waals surface area contributed by atoms with E-state index in [0.717, 1.165) is 37.0 Å². The SMILES string of the molecule is O=C1c2[nH]nc(-c3ccc(Br)cc3)c2C(c2ccc(Br)cc2)N1c1ccccc1. The highest BCUT2D eigenvalue weighted by atomic mass is 79.9. The van der Waals surface area contributed by atoms with E-state index in [0.29, 0.717) is 5.69 Å². The van der Waals surface area contributed by atoms with Crippen LogP contribution in [0.25, 0.3) is 11.3 Å². The van der Waals surface area contributed by atoms with Gasteiger partial charge in [0.2, 0.25) is 0 Å². The number of carbonyl (C=O) groups excluding carboxylic acids is 1. The fourth-order valence-electron chi connectivity index (χ4n) is 3.79. The summed E-state index contributed by atoms with van der Waals surface area (Å²) in [7, 11) is 0. The molecule has 1 unspecified atom stereocenters. The number of carbonyl (C=O) groups is 1. The molecule has 3 aromatic carbocycles. The minimum atomic E-state index is -0.259. The second kappa shape index (κ2) is 7.28. The summed E-state index contributed by atoms with van der Waals surface area (Å²) < 4.78 is 2.00. The van der Waals surface area contributed by atoms with Gasteiger partial charge in [-0.15, -0.1) is 0 Å². The Morgan fingerprint density at radius 3 is 2.10 bits per heavy atom. The Bertz CT molecular complexity index is 1190. The summed E-state index contributed by atoms with van der Waals surface area (Å²) >= 11 is 6.99. The number of anilines is 1. The summed E-state index contributed by atoms with van der Waals surface area (Å²) in [5.74, 6) is -0.0741.